The maximum Gasteiger partial charge on any atom is 0.240 e. The summed E-state index contributed by atoms with van der Waals surface area (Å²) in [6.45, 7) is 1.11. The van der Waals surface area contributed by atoms with Crippen LogP contribution >= 0.6 is 0 Å². The van der Waals surface area contributed by atoms with Gasteiger partial charge in [-0.25, -0.2) is 13.1 Å². The van der Waals surface area contributed by atoms with Crippen molar-refractivity contribution < 1.29 is 13.2 Å². The molecule has 0 fully saturated rings. The largest absolute Gasteiger partial charge is 0.497 e. The van der Waals surface area contributed by atoms with E-state index < -0.39 is 10.0 Å². The molecule has 0 amide bonds. The van der Waals surface area contributed by atoms with E-state index in [-0.39, 0.29) is 4.90 Å². The van der Waals surface area contributed by atoms with E-state index in [1.54, 1.807) is 19.2 Å². The van der Waals surface area contributed by atoms with Crippen LogP contribution < -0.4 is 15.2 Å². The molecule has 0 spiro atoms. The number of rotatable bonds is 8. The first kappa shape index (κ1) is 22.6. The topological polar surface area (TPSA) is 81.4 Å². The Morgan fingerprint density at radius 3 is 1.79 bits per heavy atom. The highest BCUT2D eigenvalue weighted by Crippen LogP contribution is 2.15. The summed E-state index contributed by atoms with van der Waals surface area (Å²) in [7, 11) is -1.92. The van der Waals surface area contributed by atoms with E-state index in [1.165, 1.54) is 17.7 Å². The molecule has 6 heteroatoms. The normalized spacial score (nSPS) is 10.7. The van der Waals surface area contributed by atoms with Crippen LogP contribution in [0, 0.1) is 0 Å². The fourth-order valence-corrected chi connectivity index (χ4v) is 3.66. The molecule has 0 aromatic heterocycles. The molecule has 0 aliphatic heterocycles. The highest BCUT2D eigenvalue weighted by atomic mass is 32.2. The van der Waals surface area contributed by atoms with Crippen LogP contribution in [-0.4, -0.2) is 28.6 Å². The fourth-order valence-electron chi connectivity index (χ4n) is 2.62. The quantitative estimate of drug-likeness (QED) is 0.594. The van der Waals surface area contributed by atoms with E-state index in [4.69, 9.17) is 10.5 Å². The lowest BCUT2D eigenvalue weighted by molar-refractivity contribution is 0.414. The molecule has 0 heterocycles. The monoisotopic (exact) mass is 412 g/mol. The minimum atomic E-state index is -3.46. The second kappa shape index (κ2) is 12.0. The molecule has 3 N–H and O–H groups in total. The zero-order valence-electron chi connectivity index (χ0n) is 16.6. The van der Waals surface area contributed by atoms with Crippen molar-refractivity contribution in [2.24, 2.45) is 5.73 Å². The maximum atomic E-state index is 12.1. The third-order valence-electron chi connectivity index (χ3n) is 4.19. The van der Waals surface area contributed by atoms with Gasteiger partial charge < -0.3 is 10.5 Å². The molecule has 3 aromatic carbocycles. The van der Waals surface area contributed by atoms with Gasteiger partial charge in [-0.15, -0.1) is 0 Å². The smallest absolute Gasteiger partial charge is 0.240 e. The number of hydrogen-bond acceptors (Lipinski definition) is 4. The van der Waals surface area contributed by atoms with Crippen LogP contribution in [-0.2, 0) is 22.9 Å². The van der Waals surface area contributed by atoms with Crippen LogP contribution in [0.15, 0.2) is 89.8 Å². The molecule has 3 rings (SSSR count). The SMILES string of the molecule is COc1ccc(S(=O)(=O)NCCc2ccccc2)cc1.NCCc1ccccc1. The van der Waals surface area contributed by atoms with Crippen molar-refractivity contribution in [1.82, 2.24) is 4.72 Å². The molecule has 29 heavy (non-hydrogen) atoms. The van der Waals surface area contributed by atoms with Crippen molar-refractivity contribution in [2.45, 2.75) is 17.7 Å². The molecule has 0 saturated heterocycles. The van der Waals surface area contributed by atoms with Gasteiger partial charge >= 0.3 is 0 Å². The molecule has 154 valence electrons. The van der Waals surface area contributed by atoms with Gasteiger partial charge in [-0.05, 0) is 54.8 Å². The van der Waals surface area contributed by atoms with Crippen molar-refractivity contribution in [3.05, 3.63) is 96.1 Å². The molecular weight excluding hydrogens is 384 g/mol. The highest BCUT2D eigenvalue weighted by molar-refractivity contribution is 7.89. The molecule has 0 aliphatic carbocycles. The summed E-state index contributed by atoms with van der Waals surface area (Å²) in [5.41, 5.74) is 7.78. The third kappa shape index (κ3) is 8.07. The zero-order valence-corrected chi connectivity index (χ0v) is 17.4. The number of nitrogens with one attached hydrogen (secondary N) is 1. The van der Waals surface area contributed by atoms with E-state index in [0.29, 0.717) is 18.7 Å². The van der Waals surface area contributed by atoms with Gasteiger partial charge in [0.1, 0.15) is 5.75 Å². The fraction of sp³-hybridized carbons (Fsp3) is 0.217. The van der Waals surface area contributed by atoms with Gasteiger partial charge in [0.25, 0.3) is 0 Å². The Labute approximate surface area is 173 Å². The Balaban J connectivity index is 0.000000278. The number of methoxy groups -OCH3 is 1. The van der Waals surface area contributed by atoms with Crippen molar-refractivity contribution >= 4 is 10.0 Å². The Hall–Kier alpha value is -2.67. The summed E-state index contributed by atoms with van der Waals surface area (Å²) in [5, 5.41) is 0. The average Bonchev–Trinajstić information content (AvgIpc) is 2.76. The van der Waals surface area contributed by atoms with E-state index in [0.717, 1.165) is 18.5 Å². The van der Waals surface area contributed by atoms with Crippen LogP contribution in [0.1, 0.15) is 11.1 Å². The number of benzene rings is 3. The first-order chi connectivity index (χ1) is 14.0. The van der Waals surface area contributed by atoms with Gasteiger partial charge in [-0.1, -0.05) is 60.7 Å². The van der Waals surface area contributed by atoms with Crippen molar-refractivity contribution in [1.29, 1.82) is 0 Å². The van der Waals surface area contributed by atoms with Crippen molar-refractivity contribution in [2.75, 3.05) is 20.2 Å². The maximum absolute atomic E-state index is 12.1. The predicted molar refractivity (Wildman–Crippen MR) is 118 cm³/mol. The molecule has 0 saturated carbocycles. The van der Waals surface area contributed by atoms with Crippen LogP contribution in [0.25, 0.3) is 0 Å². The van der Waals surface area contributed by atoms with Crippen LogP contribution in [0.3, 0.4) is 0 Å². The second-order valence-corrected chi connectivity index (χ2v) is 8.10. The standard InChI is InChI=1S/C15H17NO3S.C8H11N/c1-19-14-7-9-15(10-8-14)20(17,18)16-12-11-13-5-3-2-4-6-13;9-7-6-8-4-2-1-3-5-8/h2-10,16H,11-12H2,1H3;1-5H,6-7,9H2. The number of sulfonamides is 1. The molecule has 0 radical (unpaired) electrons. The summed E-state index contributed by atoms with van der Waals surface area (Å²) < 4.78 is 31.7. The molecule has 0 bridgehead atoms. The Morgan fingerprint density at radius 2 is 1.31 bits per heavy atom. The summed E-state index contributed by atoms with van der Waals surface area (Å²) in [6.07, 6.45) is 1.65. The molecule has 0 aliphatic rings. The average molecular weight is 413 g/mol. The van der Waals surface area contributed by atoms with E-state index in [2.05, 4.69) is 16.9 Å². The van der Waals surface area contributed by atoms with E-state index in [9.17, 15) is 8.42 Å². The molecule has 3 aromatic rings. The van der Waals surface area contributed by atoms with Gasteiger partial charge in [0, 0.05) is 6.54 Å². The lowest BCUT2D eigenvalue weighted by Gasteiger charge is -2.07. The first-order valence-electron chi connectivity index (χ1n) is 9.47. The second-order valence-electron chi connectivity index (χ2n) is 6.33. The first-order valence-corrected chi connectivity index (χ1v) is 10.9. The summed E-state index contributed by atoms with van der Waals surface area (Å²) >= 11 is 0. The highest BCUT2D eigenvalue weighted by Gasteiger charge is 2.13. The van der Waals surface area contributed by atoms with Crippen molar-refractivity contribution in [3.63, 3.8) is 0 Å². The van der Waals surface area contributed by atoms with E-state index >= 15 is 0 Å². The lowest BCUT2D eigenvalue weighted by Crippen LogP contribution is -2.25. The predicted octanol–water partition coefficient (Wildman–Crippen LogP) is 3.40. The minimum absolute atomic E-state index is 0.242. The van der Waals surface area contributed by atoms with Crippen LogP contribution in [0.2, 0.25) is 0 Å². The van der Waals surface area contributed by atoms with Gasteiger partial charge in [0.2, 0.25) is 10.0 Å². The minimum Gasteiger partial charge on any atom is -0.497 e. The number of ether oxygens (including phenoxy) is 1. The van der Waals surface area contributed by atoms with Gasteiger partial charge in [-0.3, -0.25) is 0 Å². The van der Waals surface area contributed by atoms with Gasteiger partial charge in [0.15, 0.2) is 0 Å². The Kier molecular flexibility index (Phi) is 9.37. The Morgan fingerprint density at radius 1 is 0.793 bits per heavy atom. The van der Waals surface area contributed by atoms with Crippen LogP contribution in [0.5, 0.6) is 5.75 Å². The van der Waals surface area contributed by atoms with Gasteiger partial charge in [-0.2, -0.15) is 0 Å². The molecule has 0 unspecified atom stereocenters. The third-order valence-corrected chi connectivity index (χ3v) is 5.67. The summed E-state index contributed by atoms with van der Waals surface area (Å²) in [4.78, 5) is 0.242. The summed E-state index contributed by atoms with van der Waals surface area (Å²) in [5.74, 6) is 0.633. The van der Waals surface area contributed by atoms with Gasteiger partial charge in [0.05, 0.1) is 12.0 Å². The van der Waals surface area contributed by atoms with E-state index in [1.807, 2.05) is 48.5 Å². The molecule has 5 nitrogen and oxygen atoms in total. The molecular formula is C23H28N2O3S. The molecule has 0 atom stereocenters. The van der Waals surface area contributed by atoms with Crippen molar-refractivity contribution in [3.8, 4) is 5.75 Å². The Bertz CT molecular complexity index is 929. The number of hydrogen-bond donors (Lipinski definition) is 2. The number of nitrogens with two attached hydrogens (primary N) is 1. The van der Waals surface area contributed by atoms with Crippen LogP contribution in [0.4, 0.5) is 0 Å². The zero-order chi connectivity index (χ0) is 21.0. The summed E-state index contributed by atoms with van der Waals surface area (Å²) in [6, 6.07) is 26.3. The lowest BCUT2D eigenvalue weighted by atomic mass is 10.2.